The molecule has 2 fully saturated rings. The van der Waals surface area contributed by atoms with Gasteiger partial charge in [0.2, 0.25) is 0 Å². The van der Waals surface area contributed by atoms with E-state index in [4.69, 9.17) is 0 Å². The Kier molecular flexibility index (Phi) is 3.32. The van der Waals surface area contributed by atoms with E-state index in [1.807, 2.05) is 6.92 Å². The maximum absolute atomic E-state index is 12.5. The lowest BCUT2D eigenvalue weighted by atomic mass is 9.89. The molecule has 1 unspecified atom stereocenters. The summed E-state index contributed by atoms with van der Waals surface area (Å²) in [4.78, 5) is 14.8. The first-order chi connectivity index (χ1) is 9.48. The molecule has 1 atom stereocenters. The van der Waals surface area contributed by atoms with Crippen molar-refractivity contribution in [1.82, 2.24) is 20.4 Å². The number of likely N-dealkylation sites (tertiary alicyclic amines) is 1. The molecule has 2 N–H and O–H groups in total. The molecule has 2 heterocycles. The Hall–Kier alpha value is -1.36. The van der Waals surface area contributed by atoms with Crippen LogP contribution in [0, 0.1) is 12.3 Å². The van der Waals surface area contributed by atoms with Gasteiger partial charge in [0.15, 0.2) is 0 Å². The summed E-state index contributed by atoms with van der Waals surface area (Å²) >= 11 is 0. The molecular formula is C15H24N4O. The van der Waals surface area contributed by atoms with Crippen LogP contribution in [0.5, 0.6) is 0 Å². The average molecular weight is 276 g/mol. The Bertz CT molecular complexity index is 520. The summed E-state index contributed by atoms with van der Waals surface area (Å²) in [6, 6.07) is 0. The predicted molar refractivity (Wildman–Crippen MR) is 77.9 cm³/mol. The summed E-state index contributed by atoms with van der Waals surface area (Å²) in [5.74, 6) is 0.530. The fourth-order valence-corrected chi connectivity index (χ4v) is 3.18. The summed E-state index contributed by atoms with van der Waals surface area (Å²) in [5.41, 5.74) is 2.83. The minimum absolute atomic E-state index is 0.0360. The quantitative estimate of drug-likeness (QED) is 0.879. The van der Waals surface area contributed by atoms with Crippen LogP contribution in [0.15, 0.2) is 0 Å². The number of nitrogens with one attached hydrogen (secondary N) is 2. The highest BCUT2D eigenvalue weighted by Crippen LogP contribution is 2.41. The highest BCUT2D eigenvalue weighted by Gasteiger charge is 2.34. The SMILES string of the molecule is Cc1[nH]nc(C2CC2)c1C(=O)NCC1(C)CCN(C)C1. The highest BCUT2D eigenvalue weighted by molar-refractivity contribution is 5.96. The first kappa shape index (κ1) is 13.6. The van der Waals surface area contributed by atoms with Crippen molar-refractivity contribution in [3.63, 3.8) is 0 Å². The Morgan fingerprint density at radius 1 is 1.55 bits per heavy atom. The number of nitrogens with zero attached hydrogens (tertiary/aromatic N) is 2. The summed E-state index contributed by atoms with van der Waals surface area (Å²) in [7, 11) is 2.14. The zero-order valence-corrected chi connectivity index (χ0v) is 12.6. The van der Waals surface area contributed by atoms with Crippen LogP contribution in [-0.2, 0) is 0 Å². The van der Waals surface area contributed by atoms with Crippen LogP contribution in [0.2, 0.25) is 0 Å². The van der Waals surface area contributed by atoms with Crippen molar-refractivity contribution in [1.29, 1.82) is 0 Å². The molecule has 110 valence electrons. The van der Waals surface area contributed by atoms with Gasteiger partial charge in [0.05, 0.1) is 11.3 Å². The number of carbonyl (C=O) groups excluding carboxylic acids is 1. The lowest BCUT2D eigenvalue weighted by Crippen LogP contribution is -2.37. The lowest BCUT2D eigenvalue weighted by molar-refractivity contribution is 0.0933. The van der Waals surface area contributed by atoms with E-state index < -0.39 is 0 Å². The van der Waals surface area contributed by atoms with Crippen LogP contribution >= 0.6 is 0 Å². The topological polar surface area (TPSA) is 61.0 Å². The van der Waals surface area contributed by atoms with Crippen molar-refractivity contribution < 1.29 is 4.79 Å². The number of aryl methyl sites for hydroxylation is 1. The van der Waals surface area contributed by atoms with Crippen molar-refractivity contribution in [3.8, 4) is 0 Å². The summed E-state index contributed by atoms with van der Waals surface area (Å²) in [6.07, 6.45) is 3.46. The largest absolute Gasteiger partial charge is 0.351 e. The molecule has 1 aliphatic heterocycles. The number of aromatic nitrogens is 2. The second kappa shape index (κ2) is 4.88. The molecule has 0 aromatic carbocycles. The van der Waals surface area contributed by atoms with Crippen molar-refractivity contribution in [2.45, 2.75) is 39.0 Å². The van der Waals surface area contributed by atoms with Gasteiger partial charge in [-0.05, 0) is 45.2 Å². The van der Waals surface area contributed by atoms with E-state index in [1.54, 1.807) is 0 Å². The molecule has 5 nitrogen and oxygen atoms in total. The maximum Gasteiger partial charge on any atom is 0.255 e. The molecule has 2 aliphatic rings. The molecule has 20 heavy (non-hydrogen) atoms. The Labute approximate surface area is 120 Å². The second-order valence-corrected chi connectivity index (χ2v) is 6.86. The van der Waals surface area contributed by atoms with Crippen molar-refractivity contribution in [3.05, 3.63) is 17.0 Å². The number of carbonyl (C=O) groups is 1. The number of amides is 1. The minimum atomic E-state index is 0.0360. The summed E-state index contributed by atoms with van der Waals surface area (Å²) in [6.45, 7) is 7.09. The first-order valence-corrected chi connectivity index (χ1v) is 7.50. The first-order valence-electron chi connectivity index (χ1n) is 7.50. The molecule has 1 saturated carbocycles. The molecular weight excluding hydrogens is 252 g/mol. The van der Waals surface area contributed by atoms with Gasteiger partial charge < -0.3 is 10.2 Å². The molecule has 3 rings (SSSR count). The molecule has 1 aromatic rings. The fraction of sp³-hybridized carbons (Fsp3) is 0.733. The lowest BCUT2D eigenvalue weighted by Gasteiger charge is -2.24. The molecule has 1 saturated heterocycles. The van der Waals surface area contributed by atoms with E-state index in [0.29, 0.717) is 5.92 Å². The standard InChI is InChI=1S/C15H24N4O/c1-10-12(13(18-17-10)11-4-5-11)14(20)16-8-15(2)6-7-19(3)9-15/h11H,4-9H2,1-3H3,(H,16,20)(H,17,18). The van der Waals surface area contributed by atoms with Crippen LogP contribution in [0.25, 0.3) is 0 Å². The predicted octanol–water partition coefficient (Wildman–Crippen LogP) is 1.67. The molecule has 0 spiro atoms. The maximum atomic E-state index is 12.5. The zero-order chi connectivity index (χ0) is 14.3. The van der Waals surface area contributed by atoms with Crippen LogP contribution < -0.4 is 5.32 Å². The van der Waals surface area contributed by atoms with Gasteiger partial charge in [-0.25, -0.2) is 0 Å². The van der Waals surface area contributed by atoms with Crippen LogP contribution in [0.3, 0.4) is 0 Å². The van der Waals surface area contributed by atoms with E-state index in [9.17, 15) is 4.79 Å². The molecule has 5 heteroatoms. The van der Waals surface area contributed by atoms with E-state index in [1.165, 1.54) is 0 Å². The number of rotatable bonds is 4. The highest BCUT2D eigenvalue weighted by atomic mass is 16.1. The summed E-state index contributed by atoms with van der Waals surface area (Å²) < 4.78 is 0. The Morgan fingerprint density at radius 2 is 2.30 bits per heavy atom. The molecule has 0 radical (unpaired) electrons. The second-order valence-electron chi connectivity index (χ2n) is 6.86. The fourth-order valence-electron chi connectivity index (χ4n) is 3.18. The van der Waals surface area contributed by atoms with Crippen LogP contribution in [0.1, 0.15) is 53.8 Å². The molecule has 1 amide bonds. The van der Waals surface area contributed by atoms with Crippen molar-refractivity contribution >= 4 is 5.91 Å². The third-order valence-electron chi connectivity index (χ3n) is 4.59. The number of aromatic amines is 1. The number of H-pyrrole nitrogens is 1. The minimum Gasteiger partial charge on any atom is -0.351 e. The molecule has 0 bridgehead atoms. The van der Waals surface area contributed by atoms with Gasteiger partial charge in [-0.3, -0.25) is 9.89 Å². The van der Waals surface area contributed by atoms with Gasteiger partial charge in [-0.2, -0.15) is 5.10 Å². The Morgan fingerprint density at radius 3 is 2.90 bits per heavy atom. The van der Waals surface area contributed by atoms with E-state index in [0.717, 1.165) is 55.8 Å². The van der Waals surface area contributed by atoms with Gasteiger partial charge in [0, 0.05) is 24.7 Å². The number of hydrogen-bond donors (Lipinski definition) is 2. The van der Waals surface area contributed by atoms with Gasteiger partial charge in [-0.1, -0.05) is 6.92 Å². The van der Waals surface area contributed by atoms with Gasteiger partial charge in [0.25, 0.3) is 5.91 Å². The third-order valence-corrected chi connectivity index (χ3v) is 4.59. The monoisotopic (exact) mass is 276 g/mol. The van der Waals surface area contributed by atoms with Gasteiger partial charge in [0.1, 0.15) is 0 Å². The number of hydrogen-bond acceptors (Lipinski definition) is 3. The zero-order valence-electron chi connectivity index (χ0n) is 12.6. The van der Waals surface area contributed by atoms with Crippen LogP contribution in [-0.4, -0.2) is 47.7 Å². The van der Waals surface area contributed by atoms with E-state index in [-0.39, 0.29) is 11.3 Å². The van der Waals surface area contributed by atoms with E-state index >= 15 is 0 Å². The van der Waals surface area contributed by atoms with Crippen molar-refractivity contribution in [2.75, 3.05) is 26.7 Å². The van der Waals surface area contributed by atoms with Gasteiger partial charge in [-0.15, -0.1) is 0 Å². The summed E-state index contributed by atoms with van der Waals surface area (Å²) in [5, 5.41) is 10.4. The van der Waals surface area contributed by atoms with Crippen molar-refractivity contribution in [2.24, 2.45) is 5.41 Å². The van der Waals surface area contributed by atoms with E-state index in [2.05, 4.69) is 34.4 Å². The molecule has 1 aromatic heterocycles. The average Bonchev–Trinajstić information content (AvgIpc) is 3.09. The molecule has 1 aliphatic carbocycles. The third kappa shape index (κ3) is 2.59. The normalized spacial score (nSPS) is 26.9. The Balaban J connectivity index is 1.66. The smallest absolute Gasteiger partial charge is 0.255 e. The van der Waals surface area contributed by atoms with Crippen LogP contribution in [0.4, 0.5) is 0 Å². The van der Waals surface area contributed by atoms with Gasteiger partial charge >= 0.3 is 0 Å².